The third-order valence-corrected chi connectivity index (χ3v) is 7.09. The fraction of sp³-hybridized carbons (Fsp3) is 0.296. The Labute approximate surface area is 204 Å². The van der Waals surface area contributed by atoms with Crippen LogP contribution in [0.3, 0.4) is 0 Å². The molecule has 1 fully saturated rings. The second-order valence-electron chi connectivity index (χ2n) is 8.09. The van der Waals surface area contributed by atoms with Crippen LogP contribution in [-0.2, 0) is 11.2 Å². The van der Waals surface area contributed by atoms with E-state index in [0.717, 1.165) is 29.7 Å². The van der Waals surface area contributed by atoms with E-state index >= 15 is 0 Å². The van der Waals surface area contributed by atoms with Crippen LogP contribution in [0.5, 0.6) is 11.5 Å². The van der Waals surface area contributed by atoms with Gasteiger partial charge in [-0.2, -0.15) is 0 Å². The number of nitrogens with zero attached hydrogens (tertiary/aromatic N) is 1. The van der Waals surface area contributed by atoms with Crippen molar-refractivity contribution in [2.45, 2.75) is 31.4 Å². The number of aliphatic hydroxyl groups excluding tert-OH is 1. The van der Waals surface area contributed by atoms with Crippen molar-refractivity contribution in [3.05, 3.63) is 83.4 Å². The fourth-order valence-corrected chi connectivity index (χ4v) is 5.31. The van der Waals surface area contributed by atoms with Crippen molar-refractivity contribution in [1.82, 2.24) is 0 Å². The van der Waals surface area contributed by atoms with E-state index < -0.39 is 6.23 Å². The predicted octanol–water partition coefficient (Wildman–Crippen LogP) is 5.54. The van der Waals surface area contributed by atoms with E-state index in [2.05, 4.69) is 18.3 Å². The minimum atomic E-state index is -0.831. The number of hydrogen-bond acceptors (Lipinski definition) is 6. The Morgan fingerprint density at radius 1 is 1.09 bits per heavy atom. The summed E-state index contributed by atoms with van der Waals surface area (Å²) in [6, 6.07) is 21.3. The summed E-state index contributed by atoms with van der Waals surface area (Å²) in [6.07, 6.45) is 1.16. The molecule has 0 radical (unpaired) electrons. The number of benzene rings is 3. The molecule has 2 atom stereocenters. The predicted molar refractivity (Wildman–Crippen MR) is 138 cm³/mol. The first kappa shape index (κ1) is 24.0. The molecule has 0 aromatic heterocycles. The molecule has 1 saturated heterocycles. The third-order valence-electron chi connectivity index (χ3n) is 5.88. The molecule has 6 nitrogen and oxygen atoms in total. The van der Waals surface area contributed by atoms with E-state index in [-0.39, 0.29) is 11.3 Å². The number of nitrogens with one attached hydrogen (secondary N) is 1. The SMILES string of the molecule is CCCc1ccccc1NC(O)c1ccc(C2SCC(=O)N2c2ccc(OC)cc2OC)cc1. The fourth-order valence-electron chi connectivity index (χ4n) is 4.14. The molecule has 2 N–H and O–H groups in total. The number of carbonyl (C=O) groups is 1. The summed E-state index contributed by atoms with van der Waals surface area (Å²) in [7, 11) is 3.18. The molecular weight excluding hydrogens is 448 g/mol. The number of aliphatic hydroxyl groups is 1. The number of rotatable bonds is 9. The number of aryl methyl sites for hydroxylation is 1. The van der Waals surface area contributed by atoms with Gasteiger partial charge in [-0.05, 0) is 35.7 Å². The summed E-state index contributed by atoms with van der Waals surface area (Å²) in [4.78, 5) is 14.6. The molecule has 1 aliphatic rings. The number of amides is 1. The molecule has 0 spiro atoms. The molecular formula is C27H30N2O4S. The van der Waals surface area contributed by atoms with Crippen molar-refractivity contribution in [2.75, 3.05) is 30.2 Å². The minimum Gasteiger partial charge on any atom is -0.497 e. The molecule has 1 amide bonds. The van der Waals surface area contributed by atoms with Gasteiger partial charge in [0.1, 0.15) is 16.9 Å². The lowest BCUT2D eigenvalue weighted by Crippen LogP contribution is -2.28. The lowest BCUT2D eigenvalue weighted by Gasteiger charge is -2.26. The largest absolute Gasteiger partial charge is 0.497 e. The molecule has 34 heavy (non-hydrogen) atoms. The van der Waals surface area contributed by atoms with Gasteiger partial charge < -0.3 is 19.9 Å². The molecule has 0 bridgehead atoms. The lowest BCUT2D eigenvalue weighted by atomic mass is 10.1. The third kappa shape index (κ3) is 5.00. The highest BCUT2D eigenvalue weighted by Gasteiger charge is 2.35. The van der Waals surface area contributed by atoms with E-state index in [9.17, 15) is 9.90 Å². The van der Waals surface area contributed by atoms with E-state index in [1.165, 1.54) is 5.56 Å². The van der Waals surface area contributed by atoms with Crippen molar-refractivity contribution < 1.29 is 19.4 Å². The summed E-state index contributed by atoms with van der Waals surface area (Å²) in [5.74, 6) is 1.67. The van der Waals surface area contributed by atoms with Gasteiger partial charge in [0.2, 0.25) is 5.91 Å². The zero-order valence-corrected chi connectivity index (χ0v) is 20.5. The second kappa shape index (κ2) is 10.8. The van der Waals surface area contributed by atoms with Gasteiger partial charge in [0.05, 0.1) is 25.7 Å². The van der Waals surface area contributed by atoms with Crippen LogP contribution in [-0.4, -0.2) is 31.0 Å². The van der Waals surface area contributed by atoms with E-state index in [4.69, 9.17) is 9.47 Å². The first-order chi connectivity index (χ1) is 16.5. The van der Waals surface area contributed by atoms with Gasteiger partial charge in [-0.15, -0.1) is 11.8 Å². The molecule has 1 heterocycles. The molecule has 7 heteroatoms. The standard InChI is InChI=1S/C27H30N2O4S/c1-4-7-18-8-5-6-9-22(18)28-26(31)19-10-12-20(13-11-19)27-29(25(30)17-34-27)23-15-14-21(32-2)16-24(23)33-3/h5-6,8-16,26-28,31H,4,7,17H2,1-3H3. The average molecular weight is 479 g/mol. The van der Waals surface area contributed by atoms with Crippen LogP contribution in [0.1, 0.15) is 41.6 Å². The number of ether oxygens (including phenoxy) is 2. The van der Waals surface area contributed by atoms with Crippen LogP contribution in [0.15, 0.2) is 66.7 Å². The summed E-state index contributed by atoms with van der Waals surface area (Å²) in [5, 5.41) is 13.8. The highest BCUT2D eigenvalue weighted by Crippen LogP contribution is 2.45. The number of thioether (sulfide) groups is 1. The van der Waals surface area contributed by atoms with Gasteiger partial charge in [-0.1, -0.05) is 55.8 Å². The van der Waals surface area contributed by atoms with Gasteiger partial charge in [-0.3, -0.25) is 9.69 Å². The molecule has 0 saturated carbocycles. The first-order valence-electron chi connectivity index (χ1n) is 11.3. The highest BCUT2D eigenvalue weighted by molar-refractivity contribution is 8.00. The number of carbonyl (C=O) groups excluding carboxylic acids is 1. The number of anilines is 2. The van der Waals surface area contributed by atoms with E-state index in [0.29, 0.717) is 22.9 Å². The summed E-state index contributed by atoms with van der Waals surface area (Å²) < 4.78 is 10.8. The van der Waals surface area contributed by atoms with E-state index in [1.54, 1.807) is 36.9 Å². The van der Waals surface area contributed by atoms with Crippen molar-refractivity contribution in [3.63, 3.8) is 0 Å². The summed E-state index contributed by atoms with van der Waals surface area (Å²) in [5.41, 5.74) is 4.58. The van der Waals surface area contributed by atoms with Crippen LogP contribution in [0.4, 0.5) is 11.4 Å². The van der Waals surface area contributed by atoms with Crippen LogP contribution in [0, 0.1) is 0 Å². The Kier molecular flexibility index (Phi) is 7.65. The Morgan fingerprint density at radius 2 is 1.85 bits per heavy atom. The maximum absolute atomic E-state index is 12.8. The van der Waals surface area contributed by atoms with Crippen LogP contribution in [0.25, 0.3) is 0 Å². The monoisotopic (exact) mass is 478 g/mol. The Balaban J connectivity index is 1.55. The van der Waals surface area contributed by atoms with Crippen molar-refractivity contribution in [3.8, 4) is 11.5 Å². The molecule has 2 unspecified atom stereocenters. The summed E-state index contributed by atoms with van der Waals surface area (Å²) >= 11 is 1.57. The van der Waals surface area contributed by atoms with Crippen molar-refractivity contribution >= 4 is 29.0 Å². The van der Waals surface area contributed by atoms with Gasteiger partial charge in [0, 0.05) is 17.3 Å². The van der Waals surface area contributed by atoms with Crippen LogP contribution < -0.4 is 19.7 Å². The number of methoxy groups -OCH3 is 2. The smallest absolute Gasteiger partial charge is 0.238 e. The zero-order valence-electron chi connectivity index (χ0n) is 19.7. The Bertz CT molecular complexity index is 1140. The van der Waals surface area contributed by atoms with Crippen molar-refractivity contribution in [2.24, 2.45) is 0 Å². The van der Waals surface area contributed by atoms with Gasteiger partial charge in [0.25, 0.3) is 0 Å². The molecule has 0 aliphatic carbocycles. The molecule has 178 valence electrons. The van der Waals surface area contributed by atoms with Gasteiger partial charge in [-0.25, -0.2) is 0 Å². The van der Waals surface area contributed by atoms with Gasteiger partial charge in [0.15, 0.2) is 6.23 Å². The second-order valence-corrected chi connectivity index (χ2v) is 9.15. The molecule has 1 aliphatic heterocycles. The minimum absolute atomic E-state index is 0.0248. The quantitative estimate of drug-likeness (QED) is 0.394. The molecule has 3 aromatic carbocycles. The van der Waals surface area contributed by atoms with Crippen LogP contribution >= 0.6 is 11.8 Å². The van der Waals surface area contributed by atoms with Crippen molar-refractivity contribution in [1.29, 1.82) is 0 Å². The molecule has 4 rings (SSSR count). The first-order valence-corrected chi connectivity index (χ1v) is 12.4. The maximum Gasteiger partial charge on any atom is 0.238 e. The topological polar surface area (TPSA) is 71.0 Å². The highest BCUT2D eigenvalue weighted by atomic mass is 32.2. The Morgan fingerprint density at radius 3 is 2.56 bits per heavy atom. The normalized spacial score (nSPS) is 16.4. The number of hydrogen-bond donors (Lipinski definition) is 2. The van der Waals surface area contributed by atoms with Crippen LogP contribution in [0.2, 0.25) is 0 Å². The number of para-hydroxylation sites is 1. The summed E-state index contributed by atoms with van der Waals surface area (Å²) in [6.45, 7) is 2.14. The average Bonchev–Trinajstić information content (AvgIpc) is 3.26. The van der Waals surface area contributed by atoms with E-state index in [1.807, 2.05) is 54.6 Å². The zero-order chi connectivity index (χ0) is 24.1. The molecule has 3 aromatic rings. The Hall–Kier alpha value is -3.16. The van der Waals surface area contributed by atoms with Gasteiger partial charge >= 0.3 is 0 Å². The lowest BCUT2D eigenvalue weighted by molar-refractivity contribution is -0.115. The maximum atomic E-state index is 12.8.